The second-order valence-electron chi connectivity index (χ2n) is 5.64. The Hall–Kier alpha value is -2.54. The molecule has 7 nitrogen and oxygen atoms in total. The first-order valence-electron chi connectivity index (χ1n) is 8.03. The Morgan fingerprint density at radius 2 is 1.80 bits per heavy atom. The molecule has 2 aromatic rings. The number of hydrazine groups is 1. The molecule has 0 saturated carbocycles. The minimum atomic E-state index is -0.446. The van der Waals surface area contributed by atoms with Gasteiger partial charge in [-0.3, -0.25) is 25.2 Å². The van der Waals surface area contributed by atoms with Gasteiger partial charge in [-0.15, -0.1) is 0 Å². The Morgan fingerprint density at radius 3 is 2.52 bits per heavy atom. The molecule has 0 spiro atoms. The quantitative estimate of drug-likeness (QED) is 0.683. The summed E-state index contributed by atoms with van der Waals surface area (Å²) < 4.78 is 1.71. The van der Waals surface area contributed by atoms with Gasteiger partial charge in [0.1, 0.15) is 5.69 Å². The van der Waals surface area contributed by atoms with E-state index in [1.54, 1.807) is 29.8 Å². The lowest BCUT2D eigenvalue weighted by Crippen LogP contribution is -2.42. The number of hydrogen-bond acceptors (Lipinski definition) is 3. The van der Waals surface area contributed by atoms with Crippen LogP contribution in [0.15, 0.2) is 24.3 Å². The van der Waals surface area contributed by atoms with E-state index in [-0.39, 0.29) is 18.7 Å². The van der Waals surface area contributed by atoms with Gasteiger partial charge in [-0.1, -0.05) is 18.5 Å². The van der Waals surface area contributed by atoms with E-state index < -0.39 is 11.8 Å². The highest BCUT2D eigenvalue weighted by Gasteiger charge is 2.14. The molecule has 1 aromatic carbocycles. The van der Waals surface area contributed by atoms with Crippen LogP contribution in [0.3, 0.4) is 0 Å². The zero-order valence-electron chi connectivity index (χ0n) is 14.2. The molecule has 0 fully saturated rings. The van der Waals surface area contributed by atoms with Crippen molar-refractivity contribution in [1.82, 2.24) is 20.7 Å². The van der Waals surface area contributed by atoms with Crippen molar-refractivity contribution in [2.24, 2.45) is 7.05 Å². The number of benzene rings is 1. The predicted molar refractivity (Wildman–Crippen MR) is 96.1 cm³/mol. The van der Waals surface area contributed by atoms with Crippen LogP contribution in [0.4, 0.5) is 0 Å². The molecule has 3 amide bonds. The minimum absolute atomic E-state index is 0.000544. The maximum absolute atomic E-state index is 12.2. The second kappa shape index (κ2) is 8.53. The van der Waals surface area contributed by atoms with Gasteiger partial charge in [0.2, 0.25) is 11.8 Å². The molecule has 25 heavy (non-hydrogen) atoms. The van der Waals surface area contributed by atoms with Crippen molar-refractivity contribution in [2.45, 2.75) is 26.2 Å². The van der Waals surface area contributed by atoms with Crippen LogP contribution in [-0.2, 0) is 16.6 Å². The number of aryl methyl sites for hydroxylation is 1. The average molecular weight is 365 g/mol. The summed E-state index contributed by atoms with van der Waals surface area (Å²) in [7, 11) is 1.75. The summed E-state index contributed by atoms with van der Waals surface area (Å²) in [5.41, 5.74) is 5.92. The van der Waals surface area contributed by atoms with Gasteiger partial charge in [0.25, 0.3) is 5.91 Å². The maximum atomic E-state index is 12.2. The summed E-state index contributed by atoms with van der Waals surface area (Å²) in [5.74, 6) is -1.06. The molecule has 0 atom stereocenters. The van der Waals surface area contributed by atoms with Crippen LogP contribution >= 0.6 is 11.6 Å². The van der Waals surface area contributed by atoms with E-state index in [9.17, 15) is 14.4 Å². The summed E-state index contributed by atoms with van der Waals surface area (Å²) in [4.78, 5) is 35.4. The van der Waals surface area contributed by atoms with E-state index in [1.165, 1.54) is 0 Å². The van der Waals surface area contributed by atoms with Crippen molar-refractivity contribution in [1.29, 1.82) is 0 Å². The molecule has 0 aliphatic carbocycles. The number of hydrogen-bond donors (Lipinski definition) is 3. The van der Waals surface area contributed by atoms with Crippen LogP contribution in [0, 0.1) is 0 Å². The van der Waals surface area contributed by atoms with Gasteiger partial charge in [-0.25, -0.2) is 0 Å². The van der Waals surface area contributed by atoms with Gasteiger partial charge in [-0.05, 0) is 30.7 Å². The zero-order chi connectivity index (χ0) is 18.4. The summed E-state index contributed by atoms with van der Waals surface area (Å²) in [6, 6.07) is 7.03. The standard InChI is InChI=1S/C17H21ClN4O3/c1-3-8-19-15(23)6-7-16(24)20-21-17(25)14-10-11-9-12(18)4-5-13(11)22(14)2/h4-5,9-10H,3,6-8H2,1-2H3,(H,19,23)(H,20,24)(H,21,25). The Balaban J connectivity index is 1.89. The first-order chi connectivity index (χ1) is 11.9. The van der Waals surface area contributed by atoms with Crippen molar-refractivity contribution in [3.8, 4) is 0 Å². The molecule has 1 heterocycles. The summed E-state index contributed by atoms with van der Waals surface area (Å²) >= 11 is 5.96. The first-order valence-corrected chi connectivity index (χ1v) is 8.41. The fourth-order valence-corrected chi connectivity index (χ4v) is 2.55. The number of nitrogens with zero attached hydrogens (tertiary/aromatic N) is 1. The number of fused-ring (bicyclic) bond motifs is 1. The van der Waals surface area contributed by atoms with Gasteiger partial charge in [0, 0.05) is 42.4 Å². The number of halogens is 1. The smallest absolute Gasteiger partial charge is 0.286 e. The highest BCUT2D eigenvalue weighted by atomic mass is 35.5. The fraction of sp³-hybridized carbons (Fsp3) is 0.353. The molecule has 2 rings (SSSR count). The van der Waals surface area contributed by atoms with Crippen LogP contribution in [-0.4, -0.2) is 28.8 Å². The summed E-state index contributed by atoms with van der Waals surface area (Å²) in [6.45, 7) is 2.53. The lowest BCUT2D eigenvalue weighted by atomic mass is 10.2. The summed E-state index contributed by atoms with van der Waals surface area (Å²) in [6.07, 6.45) is 0.916. The van der Waals surface area contributed by atoms with Crippen LogP contribution in [0.25, 0.3) is 10.9 Å². The van der Waals surface area contributed by atoms with Crippen LogP contribution in [0.2, 0.25) is 5.02 Å². The monoisotopic (exact) mass is 364 g/mol. The molecule has 0 aliphatic rings. The predicted octanol–water partition coefficient (Wildman–Crippen LogP) is 1.90. The SMILES string of the molecule is CCCNC(=O)CCC(=O)NNC(=O)c1cc2cc(Cl)ccc2n1C. The van der Waals surface area contributed by atoms with Crippen molar-refractivity contribution in [3.05, 3.63) is 35.0 Å². The highest BCUT2D eigenvalue weighted by Crippen LogP contribution is 2.22. The third-order valence-electron chi connectivity index (χ3n) is 3.70. The Labute approximate surface area is 150 Å². The molecule has 3 N–H and O–H groups in total. The number of rotatable bonds is 6. The summed E-state index contributed by atoms with van der Waals surface area (Å²) in [5, 5.41) is 4.10. The number of aromatic nitrogens is 1. The van der Waals surface area contributed by atoms with Gasteiger partial charge >= 0.3 is 0 Å². The van der Waals surface area contributed by atoms with Gasteiger partial charge in [0.05, 0.1) is 0 Å². The lowest BCUT2D eigenvalue weighted by Gasteiger charge is -2.08. The van der Waals surface area contributed by atoms with E-state index in [4.69, 9.17) is 11.6 Å². The van der Waals surface area contributed by atoms with E-state index in [0.29, 0.717) is 17.3 Å². The normalized spacial score (nSPS) is 10.5. The maximum Gasteiger partial charge on any atom is 0.286 e. The molecule has 0 radical (unpaired) electrons. The highest BCUT2D eigenvalue weighted by molar-refractivity contribution is 6.31. The first kappa shape index (κ1) is 18.8. The zero-order valence-corrected chi connectivity index (χ0v) is 14.9. The van der Waals surface area contributed by atoms with E-state index in [2.05, 4.69) is 16.2 Å². The van der Waals surface area contributed by atoms with Crippen LogP contribution in [0.5, 0.6) is 0 Å². The molecule has 1 aromatic heterocycles. The molecule has 8 heteroatoms. The van der Waals surface area contributed by atoms with Crippen molar-refractivity contribution >= 4 is 40.2 Å². The Kier molecular flexibility index (Phi) is 6.41. The number of amides is 3. The third-order valence-corrected chi connectivity index (χ3v) is 3.94. The van der Waals surface area contributed by atoms with Crippen molar-refractivity contribution in [2.75, 3.05) is 6.54 Å². The molecular formula is C17H21ClN4O3. The second-order valence-corrected chi connectivity index (χ2v) is 6.08. The van der Waals surface area contributed by atoms with Crippen molar-refractivity contribution < 1.29 is 14.4 Å². The molecule has 0 unspecified atom stereocenters. The van der Waals surface area contributed by atoms with Crippen LogP contribution < -0.4 is 16.2 Å². The number of carbonyl (C=O) groups is 3. The molecule has 0 aliphatic heterocycles. The van der Waals surface area contributed by atoms with Crippen LogP contribution in [0.1, 0.15) is 36.7 Å². The van der Waals surface area contributed by atoms with E-state index in [0.717, 1.165) is 17.3 Å². The molecule has 134 valence electrons. The molecular weight excluding hydrogens is 344 g/mol. The van der Waals surface area contributed by atoms with E-state index in [1.807, 2.05) is 13.0 Å². The Morgan fingerprint density at radius 1 is 1.08 bits per heavy atom. The average Bonchev–Trinajstić information content (AvgIpc) is 2.91. The molecule has 0 bridgehead atoms. The van der Waals surface area contributed by atoms with Gasteiger partial charge in [0.15, 0.2) is 0 Å². The largest absolute Gasteiger partial charge is 0.356 e. The number of nitrogens with one attached hydrogen (secondary N) is 3. The fourth-order valence-electron chi connectivity index (χ4n) is 2.37. The molecule has 0 saturated heterocycles. The third kappa shape index (κ3) is 4.96. The number of carbonyl (C=O) groups excluding carboxylic acids is 3. The van der Waals surface area contributed by atoms with Crippen molar-refractivity contribution in [3.63, 3.8) is 0 Å². The van der Waals surface area contributed by atoms with Gasteiger partial charge in [-0.2, -0.15) is 0 Å². The van der Waals surface area contributed by atoms with E-state index >= 15 is 0 Å². The Bertz CT molecular complexity index is 801. The van der Waals surface area contributed by atoms with Gasteiger partial charge < -0.3 is 9.88 Å². The lowest BCUT2D eigenvalue weighted by molar-refractivity contribution is -0.126. The minimum Gasteiger partial charge on any atom is -0.356 e. The topological polar surface area (TPSA) is 92.2 Å².